The second-order valence-electron chi connectivity index (χ2n) is 7.25. The van der Waals surface area contributed by atoms with E-state index in [4.69, 9.17) is 0 Å². The Hall–Kier alpha value is -3.32. The summed E-state index contributed by atoms with van der Waals surface area (Å²) in [4.78, 5) is 40.3. The van der Waals surface area contributed by atoms with Crippen LogP contribution in [0.1, 0.15) is 12.5 Å². The first kappa shape index (κ1) is 20.0. The molecule has 3 aromatic rings. The van der Waals surface area contributed by atoms with Crippen molar-refractivity contribution in [1.82, 2.24) is 10.2 Å². The molecule has 7 heteroatoms. The highest BCUT2D eigenvalue weighted by Crippen LogP contribution is 2.33. The second kappa shape index (κ2) is 7.84. The number of fused-ring (bicyclic) bond motifs is 1. The van der Waals surface area contributed by atoms with Crippen LogP contribution in [-0.2, 0) is 15.1 Å². The van der Waals surface area contributed by atoms with Crippen molar-refractivity contribution in [2.45, 2.75) is 17.4 Å². The van der Waals surface area contributed by atoms with Gasteiger partial charge in [0.2, 0.25) is 5.91 Å². The summed E-state index contributed by atoms with van der Waals surface area (Å²) in [6.45, 7) is 1.32. The summed E-state index contributed by atoms with van der Waals surface area (Å²) >= 11 is 1.56. The minimum absolute atomic E-state index is 0.353. The zero-order valence-electron chi connectivity index (χ0n) is 16.6. The third-order valence-corrected chi connectivity index (χ3v) is 5.98. The molecule has 0 bridgehead atoms. The molecule has 1 aliphatic rings. The number of nitrogens with zero attached hydrogens (tertiary/aromatic N) is 1. The van der Waals surface area contributed by atoms with Crippen LogP contribution in [0.3, 0.4) is 0 Å². The molecule has 0 saturated carbocycles. The van der Waals surface area contributed by atoms with Gasteiger partial charge in [-0.1, -0.05) is 48.5 Å². The van der Waals surface area contributed by atoms with Gasteiger partial charge < -0.3 is 10.6 Å². The van der Waals surface area contributed by atoms with Crippen molar-refractivity contribution in [2.24, 2.45) is 0 Å². The molecule has 1 atom stereocenters. The van der Waals surface area contributed by atoms with Crippen LogP contribution < -0.4 is 10.6 Å². The van der Waals surface area contributed by atoms with Crippen molar-refractivity contribution in [3.63, 3.8) is 0 Å². The normalized spacial score (nSPS) is 18.5. The van der Waals surface area contributed by atoms with E-state index in [0.29, 0.717) is 11.3 Å². The van der Waals surface area contributed by atoms with Gasteiger partial charge in [0.1, 0.15) is 12.1 Å². The Kier molecular flexibility index (Phi) is 5.22. The third kappa shape index (κ3) is 3.52. The van der Waals surface area contributed by atoms with Crippen LogP contribution in [0.5, 0.6) is 0 Å². The van der Waals surface area contributed by atoms with E-state index in [1.807, 2.05) is 66.9 Å². The fourth-order valence-corrected chi connectivity index (χ4v) is 4.19. The molecular weight excluding hydrogens is 398 g/mol. The van der Waals surface area contributed by atoms with Gasteiger partial charge >= 0.3 is 6.03 Å². The minimum atomic E-state index is -1.24. The molecule has 0 spiro atoms. The van der Waals surface area contributed by atoms with E-state index in [1.54, 1.807) is 24.8 Å². The smallest absolute Gasteiger partial charge is 0.324 e. The average Bonchev–Trinajstić information content (AvgIpc) is 2.97. The number of rotatable bonds is 5. The molecule has 4 rings (SSSR count). The zero-order chi connectivity index (χ0) is 21.3. The predicted octanol–water partition coefficient (Wildman–Crippen LogP) is 3.97. The number of carbonyl (C=O) groups is 3. The molecule has 0 unspecified atom stereocenters. The first-order valence-electron chi connectivity index (χ1n) is 9.48. The highest BCUT2D eigenvalue weighted by atomic mass is 32.2. The molecule has 1 fully saturated rings. The van der Waals surface area contributed by atoms with E-state index in [9.17, 15) is 14.4 Å². The van der Waals surface area contributed by atoms with Crippen molar-refractivity contribution in [1.29, 1.82) is 0 Å². The lowest BCUT2D eigenvalue weighted by Gasteiger charge is -2.24. The Morgan fingerprint density at radius 1 is 1.07 bits per heavy atom. The van der Waals surface area contributed by atoms with E-state index in [0.717, 1.165) is 20.6 Å². The molecule has 2 N–H and O–H groups in total. The fourth-order valence-electron chi connectivity index (χ4n) is 3.73. The Labute approximate surface area is 178 Å². The van der Waals surface area contributed by atoms with Gasteiger partial charge in [0.05, 0.1) is 0 Å². The van der Waals surface area contributed by atoms with E-state index in [1.165, 1.54) is 0 Å². The molecule has 1 saturated heterocycles. The number of carbonyl (C=O) groups excluding carboxylic acids is 3. The van der Waals surface area contributed by atoms with Crippen molar-refractivity contribution in [2.75, 3.05) is 18.1 Å². The van der Waals surface area contributed by atoms with Crippen molar-refractivity contribution in [3.8, 4) is 0 Å². The van der Waals surface area contributed by atoms with Crippen molar-refractivity contribution in [3.05, 3.63) is 72.3 Å². The van der Waals surface area contributed by atoms with Gasteiger partial charge in [-0.05, 0) is 47.7 Å². The summed E-state index contributed by atoms with van der Waals surface area (Å²) in [6, 6.07) is 20.1. The first-order valence-corrected chi connectivity index (χ1v) is 10.7. The minimum Gasteiger partial charge on any atom is -0.324 e. The second-order valence-corrected chi connectivity index (χ2v) is 8.13. The van der Waals surface area contributed by atoms with Crippen LogP contribution >= 0.6 is 11.8 Å². The van der Waals surface area contributed by atoms with Crippen LogP contribution in [0.25, 0.3) is 10.8 Å². The molecule has 152 valence electrons. The molecule has 1 aliphatic heterocycles. The number of benzene rings is 3. The molecule has 6 nitrogen and oxygen atoms in total. The Bertz CT molecular complexity index is 1160. The lowest BCUT2D eigenvalue weighted by Crippen LogP contribution is -2.42. The SMILES string of the molecule is CSc1cccc(NC(=O)CN2C(=O)N[C@](C)(c3cccc4ccccc34)C2=O)c1. The number of urea groups is 1. The molecule has 30 heavy (non-hydrogen) atoms. The molecule has 4 amide bonds. The quantitative estimate of drug-likeness (QED) is 0.485. The molecule has 0 aromatic heterocycles. The van der Waals surface area contributed by atoms with E-state index in [2.05, 4.69) is 10.6 Å². The highest BCUT2D eigenvalue weighted by Gasteiger charge is 2.50. The number of nitrogens with one attached hydrogen (secondary N) is 2. The van der Waals surface area contributed by atoms with Gasteiger partial charge in [-0.25, -0.2) is 4.79 Å². The predicted molar refractivity (Wildman–Crippen MR) is 118 cm³/mol. The fraction of sp³-hybridized carbons (Fsp3) is 0.174. The van der Waals surface area contributed by atoms with Gasteiger partial charge in [-0.3, -0.25) is 14.5 Å². The lowest BCUT2D eigenvalue weighted by molar-refractivity contribution is -0.133. The summed E-state index contributed by atoms with van der Waals surface area (Å²) < 4.78 is 0. The number of amides is 4. The maximum Gasteiger partial charge on any atom is 0.325 e. The number of anilines is 1. The standard InChI is InChI=1S/C23H21N3O3S/c1-23(19-12-5-8-15-7-3-4-11-18(15)19)21(28)26(22(29)25-23)14-20(27)24-16-9-6-10-17(13-16)30-2/h3-13H,14H2,1-2H3,(H,24,27)(H,25,29)/t23-/m1/s1. The van der Waals surface area contributed by atoms with Gasteiger partial charge in [-0.2, -0.15) is 0 Å². The van der Waals surface area contributed by atoms with Crippen molar-refractivity contribution >= 4 is 46.1 Å². The van der Waals surface area contributed by atoms with Crippen LogP contribution in [-0.4, -0.2) is 35.5 Å². The molecule has 0 radical (unpaired) electrons. The van der Waals surface area contributed by atoms with Gasteiger partial charge in [0, 0.05) is 10.6 Å². The molecule has 3 aromatic carbocycles. The first-order chi connectivity index (χ1) is 14.4. The van der Waals surface area contributed by atoms with Crippen LogP contribution in [0.4, 0.5) is 10.5 Å². The topological polar surface area (TPSA) is 78.5 Å². The van der Waals surface area contributed by atoms with E-state index >= 15 is 0 Å². The van der Waals surface area contributed by atoms with Crippen LogP contribution in [0.15, 0.2) is 71.6 Å². The van der Waals surface area contributed by atoms with Crippen LogP contribution in [0, 0.1) is 0 Å². The Morgan fingerprint density at radius 2 is 1.80 bits per heavy atom. The zero-order valence-corrected chi connectivity index (χ0v) is 17.5. The maximum absolute atomic E-state index is 13.2. The molecular formula is C23H21N3O3S. The molecule has 1 heterocycles. The van der Waals surface area contributed by atoms with Crippen LogP contribution in [0.2, 0.25) is 0 Å². The number of hydrogen-bond acceptors (Lipinski definition) is 4. The Balaban J connectivity index is 1.57. The third-order valence-electron chi connectivity index (χ3n) is 5.26. The lowest BCUT2D eigenvalue weighted by atomic mass is 9.88. The summed E-state index contributed by atoms with van der Waals surface area (Å²) in [6.07, 6.45) is 1.95. The van der Waals surface area contributed by atoms with Gasteiger partial charge in [-0.15, -0.1) is 11.8 Å². The number of imide groups is 1. The van der Waals surface area contributed by atoms with E-state index in [-0.39, 0.29) is 6.54 Å². The average molecular weight is 420 g/mol. The number of thioether (sulfide) groups is 1. The summed E-state index contributed by atoms with van der Waals surface area (Å²) in [5.74, 6) is -0.879. The van der Waals surface area contributed by atoms with Gasteiger partial charge in [0.15, 0.2) is 0 Å². The monoisotopic (exact) mass is 419 g/mol. The van der Waals surface area contributed by atoms with Crippen molar-refractivity contribution < 1.29 is 14.4 Å². The highest BCUT2D eigenvalue weighted by molar-refractivity contribution is 7.98. The van der Waals surface area contributed by atoms with Gasteiger partial charge in [0.25, 0.3) is 5.91 Å². The Morgan fingerprint density at radius 3 is 2.60 bits per heavy atom. The largest absolute Gasteiger partial charge is 0.325 e. The number of hydrogen-bond donors (Lipinski definition) is 2. The summed E-state index contributed by atoms with van der Waals surface area (Å²) in [7, 11) is 0. The summed E-state index contributed by atoms with van der Waals surface area (Å²) in [5.41, 5.74) is 0.0852. The molecule has 0 aliphatic carbocycles. The summed E-state index contributed by atoms with van der Waals surface area (Å²) in [5, 5.41) is 7.40. The maximum atomic E-state index is 13.2. The van der Waals surface area contributed by atoms with E-state index < -0.39 is 23.4 Å².